The van der Waals surface area contributed by atoms with Gasteiger partial charge in [-0.3, -0.25) is 0 Å². The second-order valence-electron chi connectivity index (χ2n) is 4.34. The molecule has 0 amide bonds. The van der Waals surface area contributed by atoms with Crippen LogP contribution in [0.5, 0.6) is 0 Å². The van der Waals surface area contributed by atoms with Crippen LogP contribution in [-0.4, -0.2) is 41.6 Å². The van der Waals surface area contributed by atoms with Crippen LogP contribution in [0.1, 0.15) is 40.0 Å². The Balaban J connectivity index is 2.77. The molecule has 0 fully saturated rings. The van der Waals surface area contributed by atoms with Crippen LogP contribution in [0.2, 0.25) is 0 Å². The van der Waals surface area contributed by atoms with Gasteiger partial charge in [0.25, 0.3) is 0 Å². The van der Waals surface area contributed by atoms with Gasteiger partial charge in [-0.2, -0.15) is 15.0 Å². The van der Waals surface area contributed by atoms with Crippen LogP contribution < -0.4 is 15.5 Å². The normalized spacial score (nSPS) is 10.3. The lowest BCUT2D eigenvalue weighted by atomic mass is 10.2. The lowest BCUT2D eigenvalue weighted by molar-refractivity contribution is 0.738. The molecule has 0 aliphatic heterocycles. The molecule has 0 bridgehead atoms. The summed E-state index contributed by atoms with van der Waals surface area (Å²) in [5, 5.41) is 6.25. The molecule has 0 unspecified atom stereocenters. The highest BCUT2D eigenvalue weighted by Crippen LogP contribution is 2.13. The van der Waals surface area contributed by atoms with Gasteiger partial charge in [0.2, 0.25) is 17.8 Å². The van der Waals surface area contributed by atoms with Crippen molar-refractivity contribution in [3.05, 3.63) is 0 Å². The van der Waals surface area contributed by atoms with Crippen molar-refractivity contribution >= 4 is 17.8 Å². The van der Waals surface area contributed by atoms with E-state index in [9.17, 15) is 0 Å². The summed E-state index contributed by atoms with van der Waals surface area (Å²) in [5.74, 6) is 1.98. The first-order valence-corrected chi connectivity index (χ1v) is 7.17. The fourth-order valence-electron chi connectivity index (χ4n) is 1.78. The molecule has 0 atom stereocenters. The molecule has 1 aromatic rings. The average molecular weight is 266 g/mol. The summed E-state index contributed by atoms with van der Waals surface area (Å²) >= 11 is 0. The summed E-state index contributed by atoms with van der Waals surface area (Å²) in [6, 6.07) is 0. The van der Waals surface area contributed by atoms with E-state index in [4.69, 9.17) is 0 Å². The van der Waals surface area contributed by atoms with E-state index in [1.54, 1.807) is 0 Å². The third kappa shape index (κ3) is 4.89. The van der Waals surface area contributed by atoms with E-state index in [1.165, 1.54) is 12.8 Å². The monoisotopic (exact) mass is 266 g/mol. The van der Waals surface area contributed by atoms with Gasteiger partial charge in [0, 0.05) is 26.7 Å². The van der Waals surface area contributed by atoms with Gasteiger partial charge in [0.1, 0.15) is 0 Å². The van der Waals surface area contributed by atoms with Gasteiger partial charge in [0.15, 0.2) is 0 Å². The number of rotatable bonds is 9. The second-order valence-corrected chi connectivity index (χ2v) is 4.34. The largest absolute Gasteiger partial charge is 0.357 e. The Bertz CT molecular complexity index is 364. The van der Waals surface area contributed by atoms with Crippen LogP contribution in [0.25, 0.3) is 0 Å². The lowest BCUT2D eigenvalue weighted by Gasteiger charge is -2.19. The standard InChI is InChI=1S/C13H26N6/c1-5-8-9-10-15-12-16-11(14-4)17-13(18-12)19(6-2)7-3/h5-10H2,1-4H3,(H2,14,15,16,17,18). The number of nitrogens with one attached hydrogen (secondary N) is 2. The topological polar surface area (TPSA) is 66.0 Å². The van der Waals surface area contributed by atoms with Crippen molar-refractivity contribution in [3.8, 4) is 0 Å². The van der Waals surface area contributed by atoms with Crippen LogP contribution in [0.3, 0.4) is 0 Å². The van der Waals surface area contributed by atoms with Crippen molar-refractivity contribution in [1.29, 1.82) is 0 Å². The fourth-order valence-corrected chi connectivity index (χ4v) is 1.78. The van der Waals surface area contributed by atoms with E-state index in [0.717, 1.165) is 32.0 Å². The van der Waals surface area contributed by atoms with Crippen molar-refractivity contribution in [2.45, 2.75) is 40.0 Å². The molecule has 0 spiro atoms. The molecule has 0 aliphatic carbocycles. The molecule has 0 saturated heterocycles. The van der Waals surface area contributed by atoms with Crippen molar-refractivity contribution in [3.63, 3.8) is 0 Å². The van der Waals surface area contributed by atoms with Gasteiger partial charge in [-0.1, -0.05) is 19.8 Å². The van der Waals surface area contributed by atoms with E-state index < -0.39 is 0 Å². The smallest absolute Gasteiger partial charge is 0.231 e. The zero-order valence-corrected chi connectivity index (χ0v) is 12.5. The number of nitrogens with zero attached hydrogens (tertiary/aromatic N) is 4. The first-order chi connectivity index (χ1) is 9.24. The predicted molar refractivity (Wildman–Crippen MR) is 80.9 cm³/mol. The number of anilines is 3. The minimum Gasteiger partial charge on any atom is -0.357 e. The minimum atomic E-state index is 0.606. The Morgan fingerprint density at radius 3 is 2.21 bits per heavy atom. The molecular weight excluding hydrogens is 240 g/mol. The lowest BCUT2D eigenvalue weighted by Crippen LogP contribution is -2.25. The molecule has 0 aromatic carbocycles. The number of hydrogen-bond acceptors (Lipinski definition) is 6. The third-order valence-corrected chi connectivity index (χ3v) is 2.96. The fraction of sp³-hybridized carbons (Fsp3) is 0.769. The average Bonchev–Trinajstić information content (AvgIpc) is 2.45. The molecule has 6 heteroatoms. The van der Waals surface area contributed by atoms with Gasteiger partial charge < -0.3 is 15.5 Å². The molecule has 6 nitrogen and oxygen atoms in total. The van der Waals surface area contributed by atoms with E-state index >= 15 is 0 Å². The maximum atomic E-state index is 4.47. The summed E-state index contributed by atoms with van der Waals surface area (Å²) in [4.78, 5) is 15.3. The van der Waals surface area contributed by atoms with Gasteiger partial charge >= 0.3 is 0 Å². The molecule has 19 heavy (non-hydrogen) atoms. The van der Waals surface area contributed by atoms with Gasteiger partial charge in [-0.15, -0.1) is 0 Å². The summed E-state index contributed by atoms with van der Waals surface area (Å²) < 4.78 is 0. The van der Waals surface area contributed by atoms with Gasteiger partial charge in [-0.25, -0.2) is 0 Å². The van der Waals surface area contributed by atoms with Crippen molar-refractivity contribution < 1.29 is 0 Å². The Morgan fingerprint density at radius 1 is 0.947 bits per heavy atom. The molecule has 0 radical (unpaired) electrons. The Labute approximate surface area is 116 Å². The Kier molecular flexibility index (Phi) is 6.92. The first-order valence-electron chi connectivity index (χ1n) is 7.17. The quantitative estimate of drug-likeness (QED) is 0.669. The summed E-state index contributed by atoms with van der Waals surface area (Å²) in [5.41, 5.74) is 0. The van der Waals surface area contributed by atoms with Crippen LogP contribution >= 0.6 is 0 Å². The highest BCUT2D eigenvalue weighted by molar-refractivity contribution is 5.43. The van der Waals surface area contributed by atoms with Crippen molar-refractivity contribution in [1.82, 2.24) is 15.0 Å². The summed E-state index contributed by atoms with van der Waals surface area (Å²) in [6.45, 7) is 9.07. The van der Waals surface area contributed by atoms with E-state index in [0.29, 0.717) is 11.9 Å². The van der Waals surface area contributed by atoms with Crippen LogP contribution in [-0.2, 0) is 0 Å². The van der Waals surface area contributed by atoms with Crippen molar-refractivity contribution in [2.75, 3.05) is 42.2 Å². The van der Waals surface area contributed by atoms with Gasteiger partial charge in [0.05, 0.1) is 0 Å². The maximum absolute atomic E-state index is 4.47. The third-order valence-electron chi connectivity index (χ3n) is 2.96. The molecule has 0 aliphatic rings. The van der Waals surface area contributed by atoms with Crippen LogP contribution in [0, 0.1) is 0 Å². The molecule has 1 heterocycles. The van der Waals surface area contributed by atoms with Crippen LogP contribution in [0.15, 0.2) is 0 Å². The van der Waals surface area contributed by atoms with E-state index in [2.05, 4.69) is 51.3 Å². The molecule has 108 valence electrons. The van der Waals surface area contributed by atoms with Gasteiger partial charge in [-0.05, 0) is 20.3 Å². The molecule has 1 rings (SSSR count). The molecule has 0 saturated carbocycles. The molecule has 2 N–H and O–H groups in total. The minimum absolute atomic E-state index is 0.606. The zero-order valence-electron chi connectivity index (χ0n) is 12.5. The van der Waals surface area contributed by atoms with E-state index in [1.807, 2.05) is 7.05 Å². The highest BCUT2D eigenvalue weighted by Gasteiger charge is 2.09. The Hall–Kier alpha value is -1.59. The zero-order chi connectivity index (χ0) is 14.1. The number of aromatic nitrogens is 3. The molecular formula is C13H26N6. The van der Waals surface area contributed by atoms with E-state index in [-0.39, 0.29) is 0 Å². The summed E-state index contributed by atoms with van der Waals surface area (Å²) in [7, 11) is 1.82. The van der Waals surface area contributed by atoms with Crippen molar-refractivity contribution in [2.24, 2.45) is 0 Å². The highest BCUT2D eigenvalue weighted by atomic mass is 15.3. The number of unbranched alkanes of at least 4 members (excludes halogenated alkanes) is 2. The predicted octanol–water partition coefficient (Wildman–Crippen LogP) is 2.36. The SMILES string of the molecule is CCCCCNc1nc(NC)nc(N(CC)CC)n1. The Morgan fingerprint density at radius 2 is 1.63 bits per heavy atom. The second kappa shape index (κ2) is 8.50. The summed E-state index contributed by atoms with van der Waals surface area (Å²) in [6.07, 6.45) is 3.57. The number of hydrogen-bond donors (Lipinski definition) is 2. The maximum Gasteiger partial charge on any atom is 0.231 e. The van der Waals surface area contributed by atoms with Crippen LogP contribution in [0.4, 0.5) is 17.8 Å². The molecule has 1 aromatic heterocycles. The first kappa shape index (κ1) is 15.5.